The Kier molecular flexibility index (Phi) is 7.03. The molecule has 1 aromatic heterocycles. The number of nitrogens with one attached hydrogen (secondary N) is 1. The van der Waals surface area contributed by atoms with Crippen LogP contribution in [-0.2, 0) is 26.2 Å². The van der Waals surface area contributed by atoms with Gasteiger partial charge in [-0.15, -0.1) is 0 Å². The van der Waals surface area contributed by atoms with Crippen molar-refractivity contribution in [2.24, 2.45) is 0 Å². The molecule has 1 heterocycles. The topological polar surface area (TPSA) is 149 Å². The summed E-state index contributed by atoms with van der Waals surface area (Å²) in [4.78, 5) is 35.8. The Morgan fingerprint density at radius 1 is 1.15 bits per heavy atom. The number of benzene rings is 2. The third-order valence-corrected chi connectivity index (χ3v) is 6.57. The number of nitrogens with zero attached hydrogens (tertiary/aromatic N) is 2. The van der Waals surface area contributed by atoms with Gasteiger partial charge in [0.15, 0.2) is 0 Å². The van der Waals surface area contributed by atoms with E-state index in [0.717, 1.165) is 17.2 Å². The van der Waals surface area contributed by atoms with Crippen LogP contribution >= 0.6 is 0 Å². The molecule has 0 saturated carbocycles. The maximum absolute atomic E-state index is 12.5. The summed E-state index contributed by atoms with van der Waals surface area (Å²) in [5.41, 5.74) is 1.88. The molecule has 0 radical (unpaired) electrons. The van der Waals surface area contributed by atoms with Crippen molar-refractivity contribution in [2.45, 2.75) is 25.3 Å². The first-order valence-corrected chi connectivity index (χ1v) is 11.5. The molecule has 12 heteroatoms. The Hall–Kier alpha value is -3.77. The van der Waals surface area contributed by atoms with Crippen LogP contribution in [-0.4, -0.2) is 40.0 Å². The standard InChI is InChI=1S/C22H23N3O8S/c1-13-7-17-15(9-21(26)33-20(17)8-14(13)2)12-32-22(27)11-23-34(30,31)16-5-6-18(24(3)4)19(10-16)25(28)29/h5-10,23H,11-12H2,1-4H3. The van der Waals surface area contributed by atoms with Crippen molar-refractivity contribution in [1.29, 1.82) is 0 Å². The second-order valence-corrected chi connectivity index (χ2v) is 9.58. The van der Waals surface area contributed by atoms with Crippen LogP contribution in [0.15, 0.2) is 50.5 Å². The molecule has 0 unspecified atom stereocenters. The lowest BCUT2D eigenvalue weighted by atomic mass is 10.0. The number of ether oxygens (including phenoxy) is 1. The number of esters is 1. The lowest BCUT2D eigenvalue weighted by Crippen LogP contribution is -2.30. The second kappa shape index (κ2) is 9.61. The first-order chi connectivity index (χ1) is 15.9. The highest BCUT2D eigenvalue weighted by Gasteiger charge is 2.23. The van der Waals surface area contributed by atoms with E-state index in [1.807, 2.05) is 19.9 Å². The third-order valence-electron chi connectivity index (χ3n) is 5.18. The monoisotopic (exact) mass is 489 g/mol. The van der Waals surface area contributed by atoms with Gasteiger partial charge < -0.3 is 14.1 Å². The number of fused-ring (bicyclic) bond motifs is 1. The molecule has 0 aliphatic carbocycles. The van der Waals surface area contributed by atoms with Crippen LogP contribution < -0.4 is 15.2 Å². The third kappa shape index (κ3) is 5.41. The number of carbonyl (C=O) groups is 1. The molecule has 180 valence electrons. The lowest BCUT2D eigenvalue weighted by Gasteiger charge is -2.14. The SMILES string of the molecule is Cc1cc2oc(=O)cc(COC(=O)CNS(=O)(=O)c3ccc(N(C)C)c([N+](=O)[O-])c3)c2cc1C. The van der Waals surface area contributed by atoms with Crippen LogP contribution in [0.2, 0.25) is 0 Å². The Morgan fingerprint density at radius 3 is 2.47 bits per heavy atom. The number of rotatable bonds is 8. The summed E-state index contributed by atoms with van der Waals surface area (Å²) in [6.45, 7) is 2.79. The molecule has 1 N–H and O–H groups in total. The van der Waals surface area contributed by atoms with Gasteiger partial charge in [-0.05, 0) is 49.2 Å². The van der Waals surface area contributed by atoms with Crippen molar-refractivity contribution in [1.82, 2.24) is 4.72 Å². The highest BCUT2D eigenvalue weighted by atomic mass is 32.2. The molecule has 34 heavy (non-hydrogen) atoms. The Balaban J connectivity index is 1.72. The predicted molar refractivity (Wildman–Crippen MR) is 124 cm³/mol. The average molecular weight is 490 g/mol. The summed E-state index contributed by atoms with van der Waals surface area (Å²) in [5.74, 6) is -0.895. The van der Waals surface area contributed by atoms with E-state index in [9.17, 15) is 28.1 Å². The van der Waals surface area contributed by atoms with Crippen LogP contribution in [0.25, 0.3) is 11.0 Å². The summed E-state index contributed by atoms with van der Waals surface area (Å²) in [5, 5.41) is 11.9. The van der Waals surface area contributed by atoms with Crippen molar-refractivity contribution >= 4 is 38.3 Å². The van der Waals surface area contributed by atoms with Gasteiger partial charge >= 0.3 is 11.6 Å². The Labute approximate surface area is 195 Å². The molecular formula is C22H23N3O8S. The minimum Gasteiger partial charge on any atom is -0.460 e. The number of hydrogen-bond acceptors (Lipinski definition) is 9. The van der Waals surface area contributed by atoms with E-state index in [-0.39, 0.29) is 17.2 Å². The maximum atomic E-state index is 12.5. The number of aryl methyl sites for hydroxylation is 2. The molecule has 0 amide bonds. The fourth-order valence-electron chi connectivity index (χ4n) is 3.24. The van der Waals surface area contributed by atoms with Crippen LogP contribution in [0.4, 0.5) is 11.4 Å². The highest BCUT2D eigenvalue weighted by Crippen LogP contribution is 2.29. The van der Waals surface area contributed by atoms with Crippen LogP contribution in [0, 0.1) is 24.0 Å². The Morgan fingerprint density at radius 2 is 1.82 bits per heavy atom. The highest BCUT2D eigenvalue weighted by molar-refractivity contribution is 7.89. The molecule has 3 rings (SSSR count). The minimum atomic E-state index is -4.23. The van der Waals surface area contributed by atoms with E-state index in [0.29, 0.717) is 16.5 Å². The quantitative estimate of drug-likeness (QED) is 0.218. The molecule has 0 aliphatic heterocycles. The van der Waals surface area contributed by atoms with Gasteiger partial charge in [0.2, 0.25) is 10.0 Å². The molecule has 3 aromatic rings. The molecule has 0 fully saturated rings. The predicted octanol–water partition coefficient (Wildman–Crippen LogP) is 2.41. The molecule has 11 nitrogen and oxygen atoms in total. The van der Waals surface area contributed by atoms with Crippen LogP contribution in [0.3, 0.4) is 0 Å². The van der Waals surface area contributed by atoms with Gasteiger partial charge in [-0.25, -0.2) is 13.2 Å². The second-order valence-electron chi connectivity index (χ2n) is 7.81. The number of nitro groups is 1. The average Bonchev–Trinajstić information content (AvgIpc) is 2.76. The van der Waals surface area contributed by atoms with E-state index < -0.39 is 38.8 Å². The maximum Gasteiger partial charge on any atom is 0.336 e. The van der Waals surface area contributed by atoms with Gasteiger partial charge in [0.1, 0.15) is 24.4 Å². The number of hydrogen-bond donors (Lipinski definition) is 1. The van der Waals surface area contributed by atoms with Crippen LogP contribution in [0.1, 0.15) is 16.7 Å². The molecular weight excluding hydrogens is 466 g/mol. The zero-order valence-electron chi connectivity index (χ0n) is 18.9. The summed E-state index contributed by atoms with van der Waals surface area (Å²) in [7, 11) is -1.05. The van der Waals surface area contributed by atoms with Crippen molar-refractivity contribution in [3.8, 4) is 0 Å². The van der Waals surface area contributed by atoms with Crippen molar-refractivity contribution in [3.63, 3.8) is 0 Å². The van der Waals surface area contributed by atoms with Gasteiger partial charge in [0.25, 0.3) is 5.69 Å². The summed E-state index contributed by atoms with van der Waals surface area (Å²) in [6.07, 6.45) is 0. The van der Waals surface area contributed by atoms with Gasteiger partial charge in [-0.1, -0.05) is 0 Å². The smallest absolute Gasteiger partial charge is 0.336 e. The number of nitro benzene ring substituents is 1. The molecule has 0 bridgehead atoms. The molecule has 0 aliphatic rings. The zero-order valence-corrected chi connectivity index (χ0v) is 19.8. The fraction of sp³-hybridized carbons (Fsp3) is 0.273. The summed E-state index contributed by atoms with van der Waals surface area (Å²) in [6, 6.07) is 8.16. The van der Waals surface area contributed by atoms with Gasteiger partial charge in [-0.3, -0.25) is 14.9 Å². The van der Waals surface area contributed by atoms with Gasteiger partial charge in [0, 0.05) is 37.2 Å². The summed E-state index contributed by atoms with van der Waals surface area (Å²) >= 11 is 0. The van der Waals surface area contributed by atoms with Gasteiger partial charge in [-0.2, -0.15) is 4.72 Å². The van der Waals surface area contributed by atoms with E-state index >= 15 is 0 Å². The van der Waals surface area contributed by atoms with E-state index in [4.69, 9.17) is 9.15 Å². The Bertz CT molecular complexity index is 1440. The van der Waals surface area contributed by atoms with Crippen molar-refractivity contribution in [3.05, 3.63) is 73.6 Å². The zero-order chi connectivity index (χ0) is 25.2. The number of anilines is 1. The number of carbonyl (C=O) groups excluding carboxylic acids is 1. The fourth-order valence-corrected chi connectivity index (χ4v) is 4.23. The van der Waals surface area contributed by atoms with Crippen molar-refractivity contribution < 1.29 is 27.3 Å². The lowest BCUT2D eigenvalue weighted by molar-refractivity contribution is -0.384. The first-order valence-electron chi connectivity index (χ1n) is 10.0. The normalized spacial score (nSPS) is 11.4. The molecule has 2 aromatic carbocycles. The summed E-state index contributed by atoms with van der Waals surface area (Å²) < 4.78 is 37.5. The molecule has 0 saturated heterocycles. The largest absolute Gasteiger partial charge is 0.460 e. The minimum absolute atomic E-state index is 0.230. The van der Waals surface area contributed by atoms with Crippen molar-refractivity contribution in [2.75, 3.05) is 25.5 Å². The van der Waals surface area contributed by atoms with E-state index in [1.165, 1.54) is 23.1 Å². The van der Waals surface area contributed by atoms with Gasteiger partial charge in [0.05, 0.1) is 9.82 Å². The molecule has 0 spiro atoms. The van der Waals surface area contributed by atoms with E-state index in [2.05, 4.69) is 4.72 Å². The van der Waals surface area contributed by atoms with E-state index in [1.54, 1.807) is 20.2 Å². The number of sulfonamides is 1. The van der Waals surface area contributed by atoms with Crippen LogP contribution in [0.5, 0.6) is 0 Å². The first kappa shape index (κ1) is 24.9. The molecule has 0 atom stereocenters.